The molecule has 1 aromatic rings. The number of ether oxygens (including phenoxy) is 1. The first-order valence-corrected chi connectivity index (χ1v) is 10.5. The summed E-state index contributed by atoms with van der Waals surface area (Å²) in [4.78, 5) is 14.4. The fraction of sp³-hybridized carbons (Fsp3) is 0.611. The molecule has 0 aliphatic heterocycles. The van der Waals surface area contributed by atoms with Gasteiger partial charge in [-0.05, 0) is 37.5 Å². The number of amides is 1. The van der Waals surface area contributed by atoms with Crippen LogP contribution in [0.4, 0.5) is 5.69 Å². The lowest BCUT2D eigenvalue weighted by molar-refractivity contribution is -0.130. The van der Waals surface area contributed by atoms with Crippen LogP contribution in [0.3, 0.4) is 0 Å². The van der Waals surface area contributed by atoms with E-state index in [1.807, 2.05) is 13.0 Å². The fourth-order valence-corrected chi connectivity index (χ4v) is 4.13. The summed E-state index contributed by atoms with van der Waals surface area (Å²) in [5, 5.41) is 0. The van der Waals surface area contributed by atoms with E-state index in [1.165, 1.54) is 13.5 Å². The Hall–Kier alpha value is -1.76. The zero-order valence-electron chi connectivity index (χ0n) is 15.5. The van der Waals surface area contributed by atoms with E-state index in [-0.39, 0.29) is 18.5 Å². The van der Waals surface area contributed by atoms with Crippen molar-refractivity contribution in [2.45, 2.75) is 45.1 Å². The minimum atomic E-state index is -3.62. The Morgan fingerprint density at radius 1 is 1.24 bits per heavy atom. The van der Waals surface area contributed by atoms with Gasteiger partial charge in [0.2, 0.25) is 15.9 Å². The molecule has 1 amide bonds. The summed E-state index contributed by atoms with van der Waals surface area (Å²) in [5.41, 5.74) is 1.30. The highest BCUT2D eigenvalue weighted by atomic mass is 32.2. The molecule has 1 aliphatic carbocycles. The van der Waals surface area contributed by atoms with Crippen molar-refractivity contribution in [3.8, 4) is 5.75 Å². The number of sulfonamides is 1. The molecule has 140 valence electrons. The summed E-state index contributed by atoms with van der Waals surface area (Å²) >= 11 is 0. The molecule has 0 unspecified atom stereocenters. The highest BCUT2D eigenvalue weighted by molar-refractivity contribution is 7.92. The minimum Gasteiger partial charge on any atom is -0.495 e. The Morgan fingerprint density at radius 3 is 2.44 bits per heavy atom. The van der Waals surface area contributed by atoms with Gasteiger partial charge in [0.25, 0.3) is 0 Å². The Bertz CT molecular complexity index is 712. The van der Waals surface area contributed by atoms with E-state index >= 15 is 0 Å². The second-order valence-corrected chi connectivity index (χ2v) is 8.65. The van der Waals surface area contributed by atoms with Gasteiger partial charge in [-0.25, -0.2) is 8.42 Å². The summed E-state index contributed by atoms with van der Waals surface area (Å²) in [6.45, 7) is 1.66. The highest BCUT2D eigenvalue weighted by Crippen LogP contribution is 2.31. The van der Waals surface area contributed by atoms with E-state index in [4.69, 9.17) is 4.74 Å². The number of carbonyl (C=O) groups is 1. The van der Waals surface area contributed by atoms with E-state index < -0.39 is 10.0 Å². The van der Waals surface area contributed by atoms with Gasteiger partial charge in [-0.2, -0.15) is 0 Å². The summed E-state index contributed by atoms with van der Waals surface area (Å²) in [7, 11) is -0.360. The molecule has 0 atom stereocenters. The van der Waals surface area contributed by atoms with Crippen molar-refractivity contribution in [2.75, 3.05) is 31.3 Å². The number of nitrogens with zero attached hydrogens (tertiary/aromatic N) is 2. The van der Waals surface area contributed by atoms with Crippen LogP contribution in [0.5, 0.6) is 5.75 Å². The number of rotatable bonds is 6. The first-order valence-electron chi connectivity index (χ1n) is 8.62. The first kappa shape index (κ1) is 19.6. The molecule has 2 rings (SSSR count). The smallest absolute Gasteiger partial charge is 0.243 e. The lowest BCUT2D eigenvalue weighted by atomic mass is 9.94. The van der Waals surface area contributed by atoms with Crippen LogP contribution in [0.2, 0.25) is 0 Å². The van der Waals surface area contributed by atoms with Crippen LogP contribution in [0, 0.1) is 6.92 Å². The van der Waals surface area contributed by atoms with Gasteiger partial charge in [0.15, 0.2) is 0 Å². The molecule has 0 heterocycles. The third-order valence-corrected chi connectivity index (χ3v) is 5.92. The molecule has 1 aromatic carbocycles. The number of likely N-dealkylation sites (N-methyl/N-ethyl adjacent to an activating group) is 1. The number of carbonyl (C=O) groups excluding carboxylic acids is 1. The Labute approximate surface area is 150 Å². The van der Waals surface area contributed by atoms with Crippen LogP contribution in [0.15, 0.2) is 18.2 Å². The van der Waals surface area contributed by atoms with Crippen molar-refractivity contribution in [3.05, 3.63) is 23.8 Å². The van der Waals surface area contributed by atoms with Crippen molar-refractivity contribution in [2.24, 2.45) is 0 Å². The van der Waals surface area contributed by atoms with Gasteiger partial charge in [0.1, 0.15) is 12.3 Å². The predicted molar refractivity (Wildman–Crippen MR) is 99.6 cm³/mol. The molecule has 0 N–H and O–H groups in total. The van der Waals surface area contributed by atoms with Crippen molar-refractivity contribution < 1.29 is 17.9 Å². The van der Waals surface area contributed by atoms with E-state index in [1.54, 1.807) is 24.1 Å². The van der Waals surface area contributed by atoms with Gasteiger partial charge in [-0.15, -0.1) is 0 Å². The van der Waals surface area contributed by atoms with E-state index in [0.29, 0.717) is 11.4 Å². The molecule has 0 spiro atoms. The van der Waals surface area contributed by atoms with Crippen LogP contribution >= 0.6 is 0 Å². The van der Waals surface area contributed by atoms with Gasteiger partial charge < -0.3 is 9.64 Å². The number of benzene rings is 1. The van der Waals surface area contributed by atoms with Gasteiger partial charge in [-0.3, -0.25) is 9.10 Å². The summed E-state index contributed by atoms with van der Waals surface area (Å²) in [6, 6.07) is 5.49. The monoisotopic (exact) mass is 368 g/mol. The van der Waals surface area contributed by atoms with Crippen molar-refractivity contribution in [1.29, 1.82) is 0 Å². The van der Waals surface area contributed by atoms with E-state index in [2.05, 4.69) is 0 Å². The third kappa shape index (κ3) is 4.87. The SMILES string of the molecule is COc1ccc(C)cc1N(CC(=O)N(C)C1CCCCC1)S(C)(=O)=O. The van der Waals surface area contributed by atoms with E-state index in [0.717, 1.165) is 41.8 Å². The highest BCUT2D eigenvalue weighted by Gasteiger charge is 2.28. The fourth-order valence-electron chi connectivity index (χ4n) is 3.28. The number of anilines is 1. The second-order valence-electron chi connectivity index (χ2n) is 6.74. The molecule has 0 radical (unpaired) electrons. The quantitative estimate of drug-likeness (QED) is 0.774. The molecule has 6 nitrogen and oxygen atoms in total. The summed E-state index contributed by atoms with van der Waals surface area (Å²) < 4.78 is 31.1. The molecular weight excluding hydrogens is 340 g/mol. The second kappa shape index (κ2) is 8.08. The lowest BCUT2D eigenvalue weighted by Crippen LogP contribution is -2.45. The van der Waals surface area contributed by atoms with Crippen molar-refractivity contribution in [3.63, 3.8) is 0 Å². The normalized spacial score (nSPS) is 15.7. The molecule has 0 saturated heterocycles. The van der Waals surface area contributed by atoms with Crippen LogP contribution in [0.1, 0.15) is 37.7 Å². The zero-order chi connectivity index (χ0) is 18.6. The molecule has 0 aromatic heterocycles. The van der Waals surface area contributed by atoms with E-state index in [9.17, 15) is 13.2 Å². The molecule has 7 heteroatoms. The molecule has 25 heavy (non-hydrogen) atoms. The van der Waals surface area contributed by atoms with Gasteiger partial charge in [-0.1, -0.05) is 25.3 Å². The Morgan fingerprint density at radius 2 is 1.88 bits per heavy atom. The topological polar surface area (TPSA) is 66.9 Å². The third-order valence-electron chi connectivity index (χ3n) is 4.80. The van der Waals surface area contributed by atoms with Gasteiger partial charge >= 0.3 is 0 Å². The zero-order valence-corrected chi connectivity index (χ0v) is 16.3. The molecule has 1 saturated carbocycles. The van der Waals surface area contributed by atoms with Crippen molar-refractivity contribution >= 4 is 21.6 Å². The van der Waals surface area contributed by atoms with Gasteiger partial charge in [0, 0.05) is 13.1 Å². The van der Waals surface area contributed by atoms with Crippen LogP contribution in [-0.4, -0.2) is 52.2 Å². The number of hydrogen-bond acceptors (Lipinski definition) is 4. The number of methoxy groups -OCH3 is 1. The average Bonchev–Trinajstić information content (AvgIpc) is 2.58. The number of aryl methyl sites for hydroxylation is 1. The molecule has 1 aliphatic rings. The van der Waals surface area contributed by atoms with Crippen LogP contribution in [-0.2, 0) is 14.8 Å². The minimum absolute atomic E-state index is 0.194. The molecule has 1 fully saturated rings. The molecule has 0 bridgehead atoms. The Kier molecular flexibility index (Phi) is 6.32. The van der Waals surface area contributed by atoms with Crippen LogP contribution < -0.4 is 9.04 Å². The van der Waals surface area contributed by atoms with Crippen molar-refractivity contribution in [1.82, 2.24) is 4.90 Å². The Balaban J connectivity index is 2.27. The molecular formula is C18H28N2O4S. The van der Waals surface area contributed by atoms with Crippen LogP contribution in [0.25, 0.3) is 0 Å². The maximum atomic E-state index is 12.7. The maximum absolute atomic E-state index is 12.7. The maximum Gasteiger partial charge on any atom is 0.243 e. The first-order chi connectivity index (χ1) is 11.7. The number of hydrogen-bond donors (Lipinski definition) is 0. The predicted octanol–water partition coefficient (Wildman–Crippen LogP) is 2.56. The lowest BCUT2D eigenvalue weighted by Gasteiger charge is -2.33. The summed E-state index contributed by atoms with van der Waals surface area (Å²) in [6.07, 6.45) is 6.51. The average molecular weight is 368 g/mol. The van der Waals surface area contributed by atoms with Gasteiger partial charge in [0.05, 0.1) is 19.1 Å². The largest absolute Gasteiger partial charge is 0.495 e. The standard InChI is InChI=1S/C18H28N2O4S/c1-14-10-11-17(24-3)16(12-14)20(25(4,22)23)13-18(21)19(2)15-8-6-5-7-9-15/h10-12,15H,5-9,13H2,1-4H3. The summed E-state index contributed by atoms with van der Waals surface area (Å²) in [5.74, 6) is 0.241.